The van der Waals surface area contributed by atoms with Gasteiger partial charge in [-0.1, -0.05) is 29.8 Å². The quantitative estimate of drug-likeness (QED) is 0.387. The summed E-state index contributed by atoms with van der Waals surface area (Å²) >= 11 is 0. The molecule has 1 aliphatic heterocycles. The molecule has 0 amide bonds. The van der Waals surface area contributed by atoms with Gasteiger partial charge in [-0.25, -0.2) is 4.39 Å². The van der Waals surface area contributed by atoms with Crippen LogP contribution in [0.25, 0.3) is 10.9 Å². The molecule has 0 saturated carbocycles. The van der Waals surface area contributed by atoms with Crippen molar-refractivity contribution in [1.82, 2.24) is 9.88 Å². The van der Waals surface area contributed by atoms with Gasteiger partial charge in [0.15, 0.2) is 0 Å². The standard InChI is InChI=1S/C29H35FN2O3/c1-20-5-7-21(8-6-20)4-3-16-32-17-14-22(26(19-32)29(33)34)9-11-27(30)24-13-15-31-28-12-10-23(35-2)18-25(24)28/h5-8,10,12-13,15,18,22,26-27H,3-4,9,11,14,16-17,19H2,1-2H3,(H,33,34)/t22-,26+,27-/m1/s1. The number of pyridine rings is 1. The number of benzene rings is 2. The maximum atomic E-state index is 15.4. The zero-order valence-corrected chi connectivity index (χ0v) is 20.6. The molecule has 2 aromatic carbocycles. The summed E-state index contributed by atoms with van der Waals surface area (Å²) in [5, 5.41) is 10.6. The summed E-state index contributed by atoms with van der Waals surface area (Å²) in [6.07, 6.45) is 4.11. The van der Waals surface area contributed by atoms with Gasteiger partial charge in [-0.05, 0) is 93.4 Å². The van der Waals surface area contributed by atoms with Crippen molar-refractivity contribution in [3.05, 3.63) is 71.4 Å². The molecule has 3 atom stereocenters. The zero-order valence-electron chi connectivity index (χ0n) is 20.6. The molecule has 0 radical (unpaired) electrons. The third-order valence-corrected chi connectivity index (χ3v) is 7.33. The van der Waals surface area contributed by atoms with Crippen LogP contribution in [0.3, 0.4) is 0 Å². The fraction of sp³-hybridized carbons (Fsp3) is 0.448. The van der Waals surface area contributed by atoms with Gasteiger partial charge in [0.05, 0.1) is 18.5 Å². The van der Waals surface area contributed by atoms with E-state index in [0.29, 0.717) is 30.7 Å². The Kier molecular flexibility index (Phi) is 8.34. The van der Waals surface area contributed by atoms with Crippen LogP contribution in [0.5, 0.6) is 5.75 Å². The molecule has 1 aliphatic rings. The minimum absolute atomic E-state index is 0.0123. The molecule has 1 aromatic heterocycles. The smallest absolute Gasteiger partial charge is 0.308 e. The third kappa shape index (κ3) is 6.37. The van der Waals surface area contributed by atoms with Crippen LogP contribution in [-0.2, 0) is 11.2 Å². The number of piperidine rings is 1. The van der Waals surface area contributed by atoms with Gasteiger partial charge in [-0.15, -0.1) is 0 Å². The van der Waals surface area contributed by atoms with E-state index in [-0.39, 0.29) is 5.92 Å². The van der Waals surface area contributed by atoms with Gasteiger partial charge >= 0.3 is 5.97 Å². The maximum Gasteiger partial charge on any atom is 0.308 e. The number of likely N-dealkylation sites (tertiary alicyclic amines) is 1. The molecule has 0 bridgehead atoms. The van der Waals surface area contributed by atoms with Gasteiger partial charge in [0.2, 0.25) is 0 Å². The van der Waals surface area contributed by atoms with Crippen LogP contribution in [0, 0.1) is 18.8 Å². The molecule has 5 nitrogen and oxygen atoms in total. The number of fused-ring (bicyclic) bond motifs is 1. The molecule has 0 aliphatic carbocycles. The van der Waals surface area contributed by atoms with Crippen LogP contribution < -0.4 is 4.74 Å². The van der Waals surface area contributed by atoms with Crippen LogP contribution in [-0.4, -0.2) is 47.7 Å². The SMILES string of the molecule is COc1ccc2nccc([C@H](F)CC[C@@H]3CCN(CCCc4ccc(C)cc4)C[C@@H]3C(=O)O)c2c1. The maximum absolute atomic E-state index is 15.4. The highest BCUT2D eigenvalue weighted by atomic mass is 19.1. The fourth-order valence-electron chi connectivity index (χ4n) is 5.22. The van der Waals surface area contributed by atoms with E-state index in [1.165, 1.54) is 11.1 Å². The van der Waals surface area contributed by atoms with E-state index < -0.39 is 18.1 Å². The second kappa shape index (κ2) is 11.6. The second-order valence-electron chi connectivity index (χ2n) is 9.71. The average Bonchev–Trinajstić information content (AvgIpc) is 2.88. The minimum atomic E-state index is -1.17. The third-order valence-electron chi connectivity index (χ3n) is 7.33. The number of aryl methyl sites for hydroxylation is 2. The van der Waals surface area contributed by atoms with Crippen LogP contribution in [0.4, 0.5) is 4.39 Å². The molecule has 1 N–H and O–H groups in total. The predicted molar refractivity (Wildman–Crippen MR) is 137 cm³/mol. The van der Waals surface area contributed by atoms with E-state index in [1.54, 1.807) is 19.4 Å². The van der Waals surface area contributed by atoms with Crippen molar-refractivity contribution >= 4 is 16.9 Å². The van der Waals surface area contributed by atoms with E-state index in [0.717, 1.165) is 43.3 Å². The molecule has 35 heavy (non-hydrogen) atoms. The number of halogens is 1. The number of carboxylic acid groups (broad SMARTS) is 1. The number of hydrogen-bond acceptors (Lipinski definition) is 4. The van der Waals surface area contributed by atoms with E-state index in [4.69, 9.17) is 4.74 Å². The highest BCUT2D eigenvalue weighted by molar-refractivity contribution is 5.83. The van der Waals surface area contributed by atoms with E-state index in [2.05, 4.69) is 41.1 Å². The molecule has 2 heterocycles. The number of hydrogen-bond donors (Lipinski definition) is 1. The Morgan fingerprint density at radius 3 is 2.77 bits per heavy atom. The molecule has 6 heteroatoms. The van der Waals surface area contributed by atoms with Crippen LogP contribution in [0.1, 0.15) is 48.5 Å². The van der Waals surface area contributed by atoms with Gasteiger partial charge in [-0.2, -0.15) is 0 Å². The number of aliphatic carboxylic acids is 1. The van der Waals surface area contributed by atoms with E-state index in [9.17, 15) is 9.90 Å². The Morgan fingerprint density at radius 2 is 2.03 bits per heavy atom. The summed E-state index contributed by atoms with van der Waals surface area (Å²) in [6, 6.07) is 15.8. The number of rotatable bonds is 10. The van der Waals surface area contributed by atoms with E-state index >= 15 is 4.39 Å². The summed E-state index contributed by atoms with van der Waals surface area (Å²) in [7, 11) is 1.59. The predicted octanol–water partition coefficient (Wildman–Crippen LogP) is 6.00. The summed E-state index contributed by atoms with van der Waals surface area (Å²) in [6.45, 7) is 4.39. The molecular weight excluding hydrogens is 443 g/mol. The Morgan fingerprint density at radius 1 is 1.23 bits per heavy atom. The first-order valence-corrected chi connectivity index (χ1v) is 12.5. The molecule has 1 saturated heterocycles. The Hall–Kier alpha value is -2.99. The number of methoxy groups -OCH3 is 1. The normalized spacial score (nSPS) is 19.5. The van der Waals surface area contributed by atoms with Gasteiger partial charge < -0.3 is 14.7 Å². The molecule has 0 spiro atoms. The highest BCUT2D eigenvalue weighted by Crippen LogP contribution is 2.35. The average molecular weight is 479 g/mol. The number of alkyl halides is 1. The second-order valence-corrected chi connectivity index (χ2v) is 9.71. The lowest BCUT2D eigenvalue weighted by atomic mass is 9.81. The number of nitrogens with zero attached hydrogens (tertiary/aromatic N) is 2. The van der Waals surface area contributed by atoms with Gasteiger partial charge in [-0.3, -0.25) is 9.78 Å². The lowest BCUT2D eigenvalue weighted by Crippen LogP contribution is -2.44. The number of aromatic nitrogens is 1. The molecule has 186 valence electrons. The van der Waals surface area contributed by atoms with Gasteiger partial charge in [0.25, 0.3) is 0 Å². The monoisotopic (exact) mass is 478 g/mol. The summed E-state index contributed by atoms with van der Waals surface area (Å²) in [4.78, 5) is 18.7. The zero-order chi connectivity index (χ0) is 24.8. The summed E-state index contributed by atoms with van der Waals surface area (Å²) in [5.74, 6) is -0.571. The number of carboxylic acids is 1. The highest BCUT2D eigenvalue weighted by Gasteiger charge is 2.34. The first kappa shape index (κ1) is 25.1. The van der Waals surface area contributed by atoms with Crippen LogP contribution in [0.2, 0.25) is 0 Å². The van der Waals surface area contributed by atoms with Gasteiger partial charge in [0, 0.05) is 18.1 Å². The molecule has 3 aromatic rings. The van der Waals surface area contributed by atoms with Crippen molar-refractivity contribution in [3.8, 4) is 5.75 Å². The number of ether oxygens (including phenoxy) is 1. The molecular formula is C29H35FN2O3. The topological polar surface area (TPSA) is 62.7 Å². The molecule has 1 fully saturated rings. The van der Waals surface area contributed by atoms with Crippen molar-refractivity contribution in [1.29, 1.82) is 0 Å². The van der Waals surface area contributed by atoms with Crippen LogP contribution in [0.15, 0.2) is 54.7 Å². The largest absolute Gasteiger partial charge is 0.497 e. The van der Waals surface area contributed by atoms with Crippen molar-refractivity contribution in [2.75, 3.05) is 26.7 Å². The van der Waals surface area contributed by atoms with Gasteiger partial charge in [0.1, 0.15) is 11.9 Å². The lowest BCUT2D eigenvalue weighted by Gasteiger charge is -2.37. The fourth-order valence-corrected chi connectivity index (χ4v) is 5.22. The van der Waals surface area contributed by atoms with Crippen LogP contribution >= 0.6 is 0 Å². The lowest BCUT2D eigenvalue weighted by molar-refractivity contribution is -0.146. The van der Waals surface area contributed by atoms with Crippen molar-refractivity contribution in [2.45, 2.75) is 45.2 Å². The first-order chi connectivity index (χ1) is 16.9. The van der Waals surface area contributed by atoms with Crippen molar-refractivity contribution in [3.63, 3.8) is 0 Å². The van der Waals surface area contributed by atoms with Crippen molar-refractivity contribution < 1.29 is 19.0 Å². The summed E-state index contributed by atoms with van der Waals surface area (Å²) in [5.41, 5.74) is 3.89. The molecule has 4 rings (SSSR count). The van der Waals surface area contributed by atoms with Crippen molar-refractivity contribution in [2.24, 2.45) is 11.8 Å². The Bertz CT molecular complexity index is 1130. The molecule has 0 unspecified atom stereocenters. The Labute approximate surface area is 206 Å². The number of carbonyl (C=O) groups is 1. The Balaban J connectivity index is 1.32. The first-order valence-electron chi connectivity index (χ1n) is 12.5. The minimum Gasteiger partial charge on any atom is -0.497 e. The summed E-state index contributed by atoms with van der Waals surface area (Å²) < 4.78 is 20.7. The van der Waals surface area contributed by atoms with E-state index in [1.807, 2.05) is 18.2 Å².